The lowest BCUT2D eigenvalue weighted by Gasteiger charge is -2.19. The lowest BCUT2D eigenvalue weighted by atomic mass is 9.91. The molecular formula is C13H23ClN2S. The third-order valence-corrected chi connectivity index (χ3v) is 4.08. The maximum absolute atomic E-state index is 4.29. The van der Waals surface area contributed by atoms with Gasteiger partial charge in [-0.25, -0.2) is 4.98 Å². The first-order chi connectivity index (χ1) is 7.95. The Bertz CT molecular complexity index is 269. The second-order valence-electron chi connectivity index (χ2n) is 4.82. The first-order valence-corrected chi connectivity index (χ1v) is 7.47. The number of hydrogen-bond donors (Lipinski definition) is 1. The van der Waals surface area contributed by atoms with E-state index in [1.165, 1.54) is 57.2 Å². The second kappa shape index (κ2) is 8.90. The van der Waals surface area contributed by atoms with Gasteiger partial charge in [0.2, 0.25) is 0 Å². The summed E-state index contributed by atoms with van der Waals surface area (Å²) in [6.45, 7) is 2.12. The third kappa shape index (κ3) is 5.84. The van der Waals surface area contributed by atoms with Gasteiger partial charge in [0, 0.05) is 11.9 Å². The van der Waals surface area contributed by atoms with Gasteiger partial charge in [-0.3, -0.25) is 0 Å². The second-order valence-corrected chi connectivity index (χ2v) is 5.54. The van der Waals surface area contributed by atoms with Crippen LogP contribution in [0.3, 0.4) is 0 Å². The van der Waals surface area contributed by atoms with E-state index in [-0.39, 0.29) is 12.4 Å². The van der Waals surface area contributed by atoms with Crippen LogP contribution in [0.15, 0.2) is 10.9 Å². The van der Waals surface area contributed by atoms with Crippen LogP contribution in [0.5, 0.6) is 0 Å². The van der Waals surface area contributed by atoms with E-state index >= 15 is 0 Å². The molecular weight excluding hydrogens is 252 g/mol. The Morgan fingerprint density at radius 1 is 1.18 bits per heavy atom. The molecule has 0 atom stereocenters. The van der Waals surface area contributed by atoms with E-state index in [0.717, 1.165) is 12.5 Å². The molecule has 1 aliphatic rings. The predicted octanol–water partition coefficient (Wildman–Crippen LogP) is 4.02. The molecule has 0 spiro atoms. The fourth-order valence-electron chi connectivity index (χ4n) is 2.47. The highest BCUT2D eigenvalue weighted by atomic mass is 35.5. The Morgan fingerprint density at radius 3 is 2.53 bits per heavy atom. The van der Waals surface area contributed by atoms with Gasteiger partial charge in [-0.2, -0.15) is 0 Å². The van der Waals surface area contributed by atoms with Crippen LogP contribution in [0.2, 0.25) is 0 Å². The number of rotatable bonds is 4. The molecule has 0 amide bonds. The summed E-state index contributed by atoms with van der Waals surface area (Å²) < 4.78 is 0. The normalized spacial score (nSPS) is 18.1. The molecule has 1 saturated carbocycles. The molecule has 2 rings (SSSR count). The van der Waals surface area contributed by atoms with Crippen molar-refractivity contribution in [3.05, 3.63) is 16.6 Å². The highest BCUT2D eigenvalue weighted by Crippen LogP contribution is 2.21. The van der Waals surface area contributed by atoms with Crippen molar-refractivity contribution in [2.75, 3.05) is 6.54 Å². The van der Waals surface area contributed by atoms with E-state index in [1.807, 2.05) is 5.51 Å². The van der Waals surface area contributed by atoms with E-state index in [2.05, 4.69) is 15.7 Å². The molecule has 0 aliphatic heterocycles. The monoisotopic (exact) mass is 274 g/mol. The third-order valence-electron chi connectivity index (χ3n) is 3.45. The van der Waals surface area contributed by atoms with E-state index in [9.17, 15) is 0 Å². The van der Waals surface area contributed by atoms with Gasteiger partial charge in [0.1, 0.15) is 0 Å². The van der Waals surface area contributed by atoms with E-state index in [0.29, 0.717) is 0 Å². The van der Waals surface area contributed by atoms with Crippen molar-refractivity contribution in [2.24, 2.45) is 5.92 Å². The Kier molecular flexibility index (Phi) is 7.82. The smallest absolute Gasteiger partial charge is 0.0795 e. The number of nitrogens with zero attached hydrogens (tertiary/aromatic N) is 1. The molecule has 98 valence electrons. The van der Waals surface area contributed by atoms with Crippen molar-refractivity contribution in [2.45, 2.75) is 51.5 Å². The molecule has 2 nitrogen and oxygen atoms in total. The Morgan fingerprint density at radius 2 is 1.88 bits per heavy atom. The molecule has 0 aromatic carbocycles. The van der Waals surface area contributed by atoms with Crippen molar-refractivity contribution in [1.29, 1.82) is 0 Å². The Hall–Kier alpha value is -0.120. The molecule has 0 bridgehead atoms. The predicted molar refractivity (Wildman–Crippen MR) is 76.9 cm³/mol. The SMILES string of the molecule is Cl.c1nc(CNCC2CCCCCCC2)cs1. The van der Waals surface area contributed by atoms with Crippen molar-refractivity contribution in [1.82, 2.24) is 10.3 Å². The molecule has 0 radical (unpaired) electrons. The average molecular weight is 275 g/mol. The van der Waals surface area contributed by atoms with Gasteiger partial charge in [-0.15, -0.1) is 23.7 Å². The fraction of sp³-hybridized carbons (Fsp3) is 0.769. The summed E-state index contributed by atoms with van der Waals surface area (Å²) in [5.41, 5.74) is 3.10. The fourth-order valence-corrected chi connectivity index (χ4v) is 3.03. The molecule has 0 unspecified atom stereocenters. The molecule has 1 aliphatic carbocycles. The van der Waals surface area contributed by atoms with Crippen molar-refractivity contribution in [3.63, 3.8) is 0 Å². The minimum Gasteiger partial charge on any atom is -0.311 e. The molecule has 1 fully saturated rings. The van der Waals surface area contributed by atoms with Gasteiger partial charge >= 0.3 is 0 Å². The number of aromatic nitrogens is 1. The Balaban J connectivity index is 0.00000144. The van der Waals surface area contributed by atoms with Crippen LogP contribution in [-0.4, -0.2) is 11.5 Å². The summed E-state index contributed by atoms with van der Waals surface area (Å²) in [6.07, 6.45) is 10.1. The highest BCUT2D eigenvalue weighted by molar-refractivity contribution is 7.07. The standard InChI is InChI=1S/C13H22N2S.ClH/c1-2-4-6-12(7-5-3-1)8-14-9-13-10-16-11-15-13;/h10-12,14H,1-9H2;1H. The van der Waals surface area contributed by atoms with Crippen LogP contribution >= 0.6 is 23.7 Å². The summed E-state index contributed by atoms with van der Waals surface area (Å²) in [7, 11) is 0. The summed E-state index contributed by atoms with van der Waals surface area (Å²) >= 11 is 1.68. The van der Waals surface area contributed by atoms with Crippen molar-refractivity contribution < 1.29 is 0 Å². The molecule has 17 heavy (non-hydrogen) atoms. The van der Waals surface area contributed by atoms with Crippen LogP contribution in [0.1, 0.15) is 50.6 Å². The number of hydrogen-bond acceptors (Lipinski definition) is 3. The molecule has 1 N–H and O–H groups in total. The maximum atomic E-state index is 4.29. The first-order valence-electron chi connectivity index (χ1n) is 6.53. The Labute approximate surface area is 115 Å². The zero-order valence-electron chi connectivity index (χ0n) is 10.4. The molecule has 1 aromatic rings. The molecule has 1 heterocycles. The average Bonchev–Trinajstić information content (AvgIpc) is 2.73. The van der Waals surface area contributed by atoms with Crippen LogP contribution in [-0.2, 0) is 6.54 Å². The van der Waals surface area contributed by atoms with Gasteiger partial charge in [-0.05, 0) is 25.3 Å². The van der Waals surface area contributed by atoms with Crippen molar-refractivity contribution in [3.8, 4) is 0 Å². The summed E-state index contributed by atoms with van der Waals surface area (Å²) in [5, 5.41) is 5.68. The van der Waals surface area contributed by atoms with Crippen LogP contribution in [0.25, 0.3) is 0 Å². The summed E-state index contributed by atoms with van der Waals surface area (Å²) in [5.74, 6) is 0.902. The van der Waals surface area contributed by atoms with Crippen LogP contribution in [0.4, 0.5) is 0 Å². The van der Waals surface area contributed by atoms with Gasteiger partial charge in [0.15, 0.2) is 0 Å². The maximum Gasteiger partial charge on any atom is 0.0795 e. The van der Waals surface area contributed by atoms with E-state index < -0.39 is 0 Å². The lowest BCUT2D eigenvalue weighted by Crippen LogP contribution is -2.23. The first kappa shape index (κ1) is 14.9. The topological polar surface area (TPSA) is 24.9 Å². The summed E-state index contributed by atoms with van der Waals surface area (Å²) in [6, 6.07) is 0. The zero-order valence-corrected chi connectivity index (χ0v) is 12.0. The highest BCUT2D eigenvalue weighted by Gasteiger charge is 2.10. The van der Waals surface area contributed by atoms with Gasteiger partial charge in [0.25, 0.3) is 0 Å². The van der Waals surface area contributed by atoms with Gasteiger partial charge in [-0.1, -0.05) is 32.1 Å². The van der Waals surface area contributed by atoms with E-state index in [1.54, 1.807) is 11.3 Å². The van der Waals surface area contributed by atoms with Crippen molar-refractivity contribution >= 4 is 23.7 Å². The minimum atomic E-state index is 0. The molecule has 4 heteroatoms. The largest absolute Gasteiger partial charge is 0.311 e. The number of thiazole rings is 1. The van der Waals surface area contributed by atoms with Gasteiger partial charge < -0.3 is 5.32 Å². The van der Waals surface area contributed by atoms with E-state index in [4.69, 9.17) is 0 Å². The molecule has 0 saturated heterocycles. The minimum absolute atomic E-state index is 0. The van der Waals surface area contributed by atoms with Crippen LogP contribution < -0.4 is 5.32 Å². The zero-order chi connectivity index (χ0) is 11.1. The number of halogens is 1. The lowest BCUT2D eigenvalue weighted by molar-refractivity contribution is 0.360. The van der Waals surface area contributed by atoms with Gasteiger partial charge in [0.05, 0.1) is 11.2 Å². The summed E-state index contributed by atoms with van der Waals surface area (Å²) in [4.78, 5) is 4.29. The van der Waals surface area contributed by atoms with Crippen LogP contribution in [0, 0.1) is 5.92 Å². The molecule has 1 aromatic heterocycles. The number of nitrogens with one attached hydrogen (secondary N) is 1. The quantitative estimate of drug-likeness (QED) is 0.897.